The van der Waals surface area contributed by atoms with E-state index in [0.717, 1.165) is 55.7 Å². The predicted molar refractivity (Wildman–Crippen MR) is 87.9 cm³/mol. The maximum absolute atomic E-state index is 12.6. The average molecular weight is 328 g/mol. The molecule has 6 heteroatoms. The molecule has 0 bridgehead atoms. The molecule has 1 unspecified atom stereocenters. The Bertz CT molecular complexity index is 671. The van der Waals surface area contributed by atoms with Crippen LogP contribution in [-0.4, -0.2) is 44.7 Å². The second-order valence-corrected chi connectivity index (χ2v) is 7.21. The Morgan fingerprint density at radius 3 is 2.71 bits per heavy atom. The molecule has 3 aliphatic rings. The highest BCUT2D eigenvalue weighted by Crippen LogP contribution is 2.36. The van der Waals surface area contributed by atoms with E-state index in [1.165, 1.54) is 6.42 Å². The topological polar surface area (TPSA) is 66.4 Å². The van der Waals surface area contributed by atoms with Crippen molar-refractivity contribution in [2.45, 2.75) is 58.0 Å². The highest BCUT2D eigenvalue weighted by Gasteiger charge is 2.37. The largest absolute Gasteiger partial charge is 0.338 e. The molecule has 1 aromatic rings. The number of amides is 2. The summed E-state index contributed by atoms with van der Waals surface area (Å²) < 4.78 is 0. The Kier molecular flexibility index (Phi) is 3.98. The van der Waals surface area contributed by atoms with Crippen LogP contribution in [0.15, 0.2) is 6.20 Å². The second kappa shape index (κ2) is 6.15. The van der Waals surface area contributed by atoms with E-state index in [4.69, 9.17) is 4.98 Å². The van der Waals surface area contributed by atoms with Crippen molar-refractivity contribution in [1.82, 2.24) is 19.8 Å². The predicted octanol–water partition coefficient (Wildman–Crippen LogP) is 1.84. The molecule has 1 atom stereocenters. The zero-order chi connectivity index (χ0) is 16.7. The molecule has 24 heavy (non-hydrogen) atoms. The van der Waals surface area contributed by atoms with Crippen molar-refractivity contribution >= 4 is 11.8 Å². The molecule has 0 aromatic carbocycles. The van der Waals surface area contributed by atoms with E-state index in [0.29, 0.717) is 19.0 Å². The number of aromatic nitrogens is 2. The van der Waals surface area contributed by atoms with Crippen LogP contribution in [0.25, 0.3) is 0 Å². The van der Waals surface area contributed by atoms with Crippen molar-refractivity contribution in [3.63, 3.8) is 0 Å². The maximum atomic E-state index is 12.6. The number of carbonyl (C=O) groups excluding carboxylic acids is 2. The van der Waals surface area contributed by atoms with Gasteiger partial charge in [0.15, 0.2) is 5.82 Å². The van der Waals surface area contributed by atoms with E-state index in [2.05, 4.69) is 4.98 Å². The summed E-state index contributed by atoms with van der Waals surface area (Å²) in [5, 5.41) is 0. The molecular formula is C18H24N4O2. The quantitative estimate of drug-likeness (QED) is 0.831. The van der Waals surface area contributed by atoms with Gasteiger partial charge in [-0.15, -0.1) is 0 Å². The molecule has 2 amide bonds. The van der Waals surface area contributed by atoms with Crippen molar-refractivity contribution in [2.75, 3.05) is 13.1 Å². The normalized spacial score (nSPS) is 23.8. The van der Waals surface area contributed by atoms with E-state index in [9.17, 15) is 9.59 Å². The summed E-state index contributed by atoms with van der Waals surface area (Å²) in [4.78, 5) is 37.4. The first-order valence-corrected chi connectivity index (χ1v) is 9.04. The van der Waals surface area contributed by atoms with Gasteiger partial charge in [-0.25, -0.2) is 9.97 Å². The summed E-state index contributed by atoms with van der Waals surface area (Å²) >= 11 is 0. The smallest absolute Gasteiger partial charge is 0.226 e. The number of hydrogen-bond acceptors (Lipinski definition) is 4. The lowest BCUT2D eigenvalue weighted by Crippen LogP contribution is -2.39. The van der Waals surface area contributed by atoms with Gasteiger partial charge in [-0.1, -0.05) is 6.42 Å². The first kappa shape index (κ1) is 15.5. The fraction of sp³-hybridized carbons (Fsp3) is 0.667. The number of fused-ring (bicyclic) bond motifs is 1. The SMILES string of the molecule is CC(=O)N1CCc2nc(C3CCCN3C(=O)C3CCC3)ncc2C1. The molecule has 1 saturated carbocycles. The number of hydrogen-bond donors (Lipinski definition) is 0. The molecule has 0 N–H and O–H groups in total. The highest BCUT2D eigenvalue weighted by atomic mass is 16.2. The summed E-state index contributed by atoms with van der Waals surface area (Å²) in [7, 11) is 0. The zero-order valence-corrected chi connectivity index (χ0v) is 14.2. The standard InChI is InChI=1S/C18H24N4O2/c1-12(23)21-9-7-15-14(11-21)10-19-17(20-15)16-6-3-8-22(16)18(24)13-4-2-5-13/h10,13,16H,2-9,11H2,1H3. The Morgan fingerprint density at radius 2 is 2.00 bits per heavy atom. The lowest BCUT2D eigenvalue weighted by Gasteiger charge is -2.33. The number of nitrogens with zero attached hydrogens (tertiary/aromatic N) is 4. The van der Waals surface area contributed by atoms with Crippen LogP contribution >= 0.6 is 0 Å². The summed E-state index contributed by atoms with van der Waals surface area (Å²) in [5.41, 5.74) is 2.08. The van der Waals surface area contributed by atoms with Crippen LogP contribution < -0.4 is 0 Å². The van der Waals surface area contributed by atoms with Crippen LogP contribution in [-0.2, 0) is 22.6 Å². The van der Waals surface area contributed by atoms with Gasteiger partial charge in [-0.05, 0) is 25.7 Å². The van der Waals surface area contributed by atoms with E-state index in [1.54, 1.807) is 6.92 Å². The number of carbonyl (C=O) groups is 2. The van der Waals surface area contributed by atoms with Gasteiger partial charge >= 0.3 is 0 Å². The Balaban J connectivity index is 1.54. The third kappa shape index (κ3) is 2.68. The molecule has 6 nitrogen and oxygen atoms in total. The molecule has 3 heterocycles. The zero-order valence-electron chi connectivity index (χ0n) is 14.2. The summed E-state index contributed by atoms with van der Waals surface area (Å²) in [6.07, 6.45) is 7.86. The molecule has 0 radical (unpaired) electrons. The van der Waals surface area contributed by atoms with Gasteiger partial charge in [0.25, 0.3) is 0 Å². The van der Waals surface area contributed by atoms with Gasteiger partial charge in [0.2, 0.25) is 11.8 Å². The van der Waals surface area contributed by atoms with Gasteiger partial charge in [0.05, 0.1) is 11.7 Å². The summed E-state index contributed by atoms with van der Waals surface area (Å²) in [6.45, 7) is 3.75. The number of likely N-dealkylation sites (tertiary alicyclic amines) is 1. The molecule has 1 aliphatic carbocycles. The van der Waals surface area contributed by atoms with Crippen LogP contribution in [0, 0.1) is 5.92 Å². The summed E-state index contributed by atoms with van der Waals surface area (Å²) in [6, 6.07) is 0.0363. The van der Waals surface area contributed by atoms with Crippen LogP contribution in [0.4, 0.5) is 0 Å². The van der Waals surface area contributed by atoms with E-state index >= 15 is 0 Å². The van der Waals surface area contributed by atoms with Crippen molar-refractivity contribution in [3.05, 3.63) is 23.3 Å². The highest BCUT2D eigenvalue weighted by molar-refractivity contribution is 5.80. The first-order chi connectivity index (χ1) is 11.6. The summed E-state index contributed by atoms with van der Waals surface area (Å²) in [5.74, 6) is 1.41. The van der Waals surface area contributed by atoms with Gasteiger partial charge in [0, 0.05) is 50.7 Å². The minimum absolute atomic E-state index is 0.0363. The molecule has 4 rings (SSSR count). The molecule has 2 aliphatic heterocycles. The molecule has 0 spiro atoms. The minimum Gasteiger partial charge on any atom is -0.338 e. The second-order valence-electron chi connectivity index (χ2n) is 7.21. The van der Waals surface area contributed by atoms with Gasteiger partial charge in [0.1, 0.15) is 0 Å². The number of rotatable bonds is 2. The molecular weight excluding hydrogens is 304 g/mol. The Morgan fingerprint density at radius 1 is 1.17 bits per heavy atom. The van der Waals surface area contributed by atoms with E-state index in [-0.39, 0.29) is 17.9 Å². The van der Waals surface area contributed by atoms with Gasteiger partial charge < -0.3 is 9.80 Å². The maximum Gasteiger partial charge on any atom is 0.226 e. The first-order valence-electron chi connectivity index (χ1n) is 9.04. The molecule has 1 saturated heterocycles. The molecule has 128 valence electrons. The fourth-order valence-corrected chi connectivity index (χ4v) is 3.95. The van der Waals surface area contributed by atoms with Crippen molar-refractivity contribution in [3.8, 4) is 0 Å². The van der Waals surface area contributed by atoms with E-state index < -0.39 is 0 Å². The monoisotopic (exact) mass is 328 g/mol. The Hall–Kier alpha value is -1.98. The van der Waals surface area contributed by atoms with E-state index in [1.807, 2.05) is 16.0 Å². The van der Waals surface area contributed by atoms with Crippen molar-refractivity contribution < 1.29 is 9.59 Å². The lowest BCUT2D eigenvalue weighted by atomic mass is 9.84. The minimum atomic E-state index is 0.0363. The third-order valence-corrected chi connectivity index (χ3v) is 5.69. The third-order valence-electron chi connectivity index (χ3n) is 5.69. The van der Waals surface area contributed by atoms with Crippen molar-refractivity contribution in [1.29, 1.82) is 0 Å². The Labute approximate surface area is 142 Å². The molecule has 1 aromatic heterocycles. The van der Waals surface area contributed by atoms with Crippen LogP contribution in [0.1, 0.15) is 62.2 Å². The van der Waals surface area contributed by atoms with Gasteiger partial charge in [-0.3, -0.25) is 9.59 Å². The van der Waals surface area contributed by atoms with Crippen LogP contribution in [0.3, 0.4) is 0 Å². The average Bonchev–Trinajstić information content (AvgIpc) is 3.01. The van der Waals surface area contributed by atoms with Crippen LogP contribution in [0.5, 0.6) is 0 Å². The molecule has 2 fully saturated rings. The van der Waals surface area contributed by atoms with Gasteiger partial charge in [-0.2, -0.15) is 0 Å². The van der Waals surface area contributed by atoms with Crippen LogP contribution in [0.2, 0.25) is 0 Å². The van der Waals surface area contributed by atoms with Crippen molar-refractivity contribution in [2.24, 2.45) is 5.92 Å². The fourth-order valence-electron chi connectivity index (χ4n) is 3.95. The lowest BCUT2D eigenvalue weighted by molar-refractivity contribution is -0.139.